The van der Waals surface area contributed by atoms with Crippen molar-refractivity contribution in [3.05, 3.63) is 46.5 Å². The number of carbonyl (C=O) groups excluding carboxylic acids is 1. The third kappa shape index (κ3) is 3.72. The molecule has 1 heterocycles. The Balaban J connectivity index is 1.37. The minimum absolute atomic E-state index is 0.0555. The van der Waals surface area contributed by atoms with Gasteiger partial charge in [0.1, 0.15) is 6.33 Å². The lowest BCUT2D eigenvalue weighted by molar-refractivity contribution is -0.156. The van der Waals surface area contributed by atoms with Gasteiger partial charge >= 0.3 is 0 Å². The highest BCUT2D eigenvalue weighted by Gasteiger charge is 2.61. The van der Waals surface area contributed by atoms with E-state index >= 15 is 0 Å². The van der Waals surface area contributed by atoms with Gasteiger partial charge in [-0.1, -0.05) is 45.0 Å². The molecule has 172 valence electrons. The Morgan fingerprint density at radius 1 is 1.12 bits per heavy atom. The minimum atomic E-state index is -0.271. The Morgan fingerprint density at radius 2 is 1.78 bits per heavy atom. The molecule has 4 aliphatic rings. The largest absolute Gasteiger partial charge is 0.349 e. The third-order valence-corrected chi connectivity index (χ3v) is 9.06. The molecule has 0 aliphatic heterocycles. The van der Waals surface area contributed by atoms with Crippen LogP contribution in [0, 0.1) is 17.3 Å². The van der Waals surface area contributed by atoms with Crippen LogP contribution in [0.5, 0.6) is 0 Å². The molecule has 4 fully saturated rings. The van der Waals surface area contributed by atoms with E-state index in [1.165, 1.54) is 17.5 Å². The molecule has 5 nitrogen and oxygen atoms in total. The number of nitrogens with one attached hydrogen (secondary N) is 1. The van der Waals surface area contributed by atoms with Crippen molar-refractivity contribution in [2.75, 3.05) is 0 Å². The normalized spacial score (nSPS) is 32.6. The Kier molecular flexibility index (Phi) is 5.71. The van der Waals surface area contributed by atoms with Crippen LogP contribution in [0.15, 0.2) is 35.3 Å². The average molecular weight is 499 g/mol. The summed E-state index contributed by atoms with van der Waals surface area (Å²) in [5, 5.41) is 8.12. The van der Waals surface area contributed by atoms with E-state index in [4.69, 9.17) is 0 Å². The Morgan fingerprint density at radius 3 is 2.34 bits per heavy atom. The van der Waals surface area contributed by atoms with Crippen LogP contribution in [0.2, 0.25) is 0 Å². The number of carbonyl (C=O) groups is 1. The van der Waals surface area contributed by atoms with Crippen molar-refractivity contribution in [2.24, 2.45) is 17.3 Å². The van der Waals surface area contributed by atoms with Crippen molar-refractivity contribution < 1.29 is 4.79 Å². The van der Waals surface area contributed by atoms with Crippen molar-refractivity contribution in [1.82, 2.24) is 20.1 Å². The average Bonchev–Trinajstić information content (AvgIpc) is 3.23. The van der Waals surface area contributed by atoms with Gasteiger partial charge in [0.15, 0.2) is 0 Å². The lowest BCUT2D eigenvalue weighted by Crippen LogP contribution is -2.61. The highest BCUT2D eigenvalue weighted by atomic mass is 79.9. The number of aromatic nitrogens is 3. The molecule has 6 heteroatoms. The van der Waals surface area contributed by atoms with Gasteiger partial charge in [-0.05, 0) is 96.2 Å². The number of hydrogen-bond acceptors (Lipinski definition) is 3. The second-order valence-corrected chi connectivity index (χ2v) is 11.5. The van der Waals surface area contributed by atoms with E-state index in [-0.39, 0.29) is 22.9 Å². The number of benzene rings is 1. The van der Waals surface area contributed by atoms with Gasteiger partial charge in [0, 0.05) is 0 Å². The van der Waals surface area contributed by atoms with Crippen molar-refractivity contribution in [2.45, 2.75) is 89.6 Å². The third-order valence-electron chi connectivity index (χ3n) is 8.70. The zero-order valence-corrected chi connectivity index (χ0v) is 21.1. The van der Waals surface area contributed by atoms with Crippen molar-refractivity contribution in [3.8, 4) is 0 Å². The van der Waals surface area contributed by atoms with Crippen molar-refractivity contribution in [3.63, 3.8) is 0 Å². The van der Waals surface area contributed by atoms with E-state index in [0.29, 0.717) is 22.5 Å². The molecule has 1 amide bonds. The number of amides is 1. The molecular formula is C26H35BrN4O. The number of nitrogens with zero attached hydrogens (tertiary/aromatic N) is 3. The maximum absolute atomic E-state index is 13.9. The SMILES string of the molecule is CC[C@@H](C)c1ccc([C@@H](CC)NC(=O)C23C[C@H]4C[C@@H](C2)CC(n2cnc(Br)n2)(C4)C3)cc1. The predicted octanol–water partition coefficient (Wildman–Crippen LogP) is 6.12. The second-order valence-electron chi connectivity index (χ2n) is 10.8. The number of rotatable bonds is 7. The molecule has 4 bridgehead atoms. The lowest BCUT2D eigenvalue weighted by atomic mass is 9.46. The van der Waals surface area contributed by atoms with Gasteiger partial charge in [0.2, 0.25) is 10.6 Å². The first-order valence-corrected chi connectivity index (χ1v) is 13.1. The summed E-state index contributed by atoms with van der Waals surface area (Å²) in [6, 6.07) is 8.97. The fourth-order valence-corrected chi connectivity index (χ4v) is 7.51. The summed E-state index contributed by atoms with van der Waals surface area (Å²) in [5.74, 6) is 2.05. The zero-order valence-electron chi connectivity index (χ0n) is 19.5. The van der Waals surface area contributed by atoms with Gasteiger partial charge in [0.25, 0.3) is 0 Å². The number of hydrogen-bond donors (Lipinski definition) is 1. The molecule has 1 N–H and O–H groups in total. The van der Waals surface area contributed by atoms with Crippen LogP contribution in [0.25, 0.3) is 0 Å². The topological polar surface area (TPSA) is 59.8 Å². The molecule has 4 saturated carbocycles. The maximum Gasteiger partial charge on any atom is 0.226 e. The molecule has 32 heavy (non-hydrogen) atoms. The van der Waals surface area contributed by atoms with Crippen molar-refractivity contribution in [1.29, 1.82) is 0 Å². The summed E-state index contributed by atoms with van der Waals surface area (Å²) in [7, 11) is 0. The summed E-state index contributed by atoms with van der Waals surface area (Å²) < 4.78 is 2.71. The zero-order chi connectivity index (χ0) is 22.5. The first kappa shape index (κ1) is 22.1. The van der Waals surface area contributed by atoms with Gasteiger partial charge in [0.05, 0.1) is 17.0 Å². The predicted molar refractivity (Wildman–Crippen MR) is 129 cm³/mol. The molecule has 4 aliphatic carbocycles. The van der Waals surface area contributed by atoms with Crippen LogP contribution >= 0.6 is 15.9 Å². The highest BCUT2D eigenvalue weighted by molar-refractivity contribution is 9.10. The van der Waals surface area contributed by atoms with Gasteiger partial charge in [-0.2, -0.15) is 0 Å². The quantitative estimate of drug-likeness (QED) is 0.500. The van der Waals surface area contributed by atoms with E-state index in [1.807, 2.05) is 6.33 Å². The van der Waals surface area contributed by atoms with Crippen LogP contribution in [-0.4, -0.2) is 20.7 Å². The number of halogens is 1. The highest BCUT2D eigenvalue weighted by Crippen LogP contribution is 2.64. The Bertz CT molecular complexity index is 970. The van der Waals surface area contributed by atoms with Gasteiger partial charge < -0.3 is 5.32 Å². The first-order chi connectivity index (χ1) is 15.4. The molecule has 2 unspecified atom stereocenters. The molecule has 0 spiro atoms. The smallest absolute Gasteiger partial charge is 0.226 e. The van der Waals surface area contributed by atoms with Gasteiger partial charge in [-0.3, -0.25) is 4.79 Å². The molecule has 0 radical (unpaired) electrons. The fraction of sp³-hybridized carbons (Fsp3) is 0.654. The summed E-state index contributed by atoms with van der Waals surface area (Å²) in [6.45, 7) is 6.66. The minimum Gasteiger partial charge on any atom is -0.349 e. The van der Waals surface area contributed by atoms with Crippen LogP contribution in [0.1, 0.15) is 95.2 Å². The molecule has 0 saturated heterocycles. The molecule has 2 aromatic rings. The summed E-state index contributed by atoms with van der Waals surface area (Å²) in [4.78, 5) is 18.2. The van der Waals surface area contributed by atoms with E-state index in [9.17, 15) is 4.79 Å². The Labute approximate surface area is 199 Å². The first-order valence-electron chi connectivity index (χ1n) is 12.3. The van der Waals surface area contributed by atoms with E-state index in [1.54, 1.807) is 0 Å². The maximum atomic E-state index is 13.9. The van der Waals surface area contributed by atoms with E-state index in [0.717, 1.165) is 44.9 Å². The molecule has 6 rings (SSSR count). The second kappa shape index (κ2) is 8.27. The van der Waals surface area contributed by atoms with Crippen LogP contribution in [0.3, 0.4) is 0 Å². The Hall–Kier alpha value is -1.69. The lowest BCUT2D eigenvalue weighted by Gasteiger charge is -2.61. The standard InChI is InChI=1S/C26H35BrN4O/c1-4-17(3)20-6-8-21(9-7-20)22(5-2)29-23(32)25-11-18-10-19(12-25)14-26(13-18,15-25)31-16-28-24(27)30-31/h6-9,16-19,22H,4-5,10-15H2,1-3H3,(H,29,32)/t17-,18-,19+,22-,25?,26?/m1/s1. The van der Waals surface area contributed by atoms with Crippen LogP contribution in [-0.2, 0) is 10.3 Å². The molecule has 1 aromatic carbocycles. The van der Waals surface area contributed by atoms with Crippen LogP contribution in [0.4, 0.5) is 0 Å². The van der Waals surface area contributed by atoms with Gasteiger partial charge in [-0.25, -0.2) is 9.67 Å². The van der Waals surface area contributed by atoms with E-state index in [2.05, 4.69) is 81.0 Å². The molecular weight excluding hydrogens is 464 g/mol. The summed E-state index contributed by atoms with van der Waals surface area (Å²) in [6.07, 6.45) is 10.4. The van der Waals surface area contributed by atoms with Crippen LogP contribution < -0.4 is 5.32 Å². The molecule has 6 atom stereocenters. The summed E-state index contributed by atoms with van der Waals surface area (Å²) in [5.41, 5.74) is 2.26. The molecule has 1 aromatic heterocycles. The van der Waals surface area contributed by atoms with Crippen molar-refractivity contribution >= 4 is 21.8 Å². The fourth-order valence-electron chi connectivity index (χ4n) is 7.24. The van der Waals surface area contributed by atoms with E-state index < -0.39 is 0 Å². The van der Waals surface area contributed by atoms with Gasteiger partial charge in [-0.15, -0.1) is 5.10 Å². The summed E-state index contributed by atoms with van der Waals surface area (Å²) >= 11 is 3.42. The monoisotopic (exact) mass is 498 g/mol.